The Morgan fingerprint density at radius 2 is 2.00 bits per heavy atom. The van der Waals surface area contributed by atoms with Gasteiger partial charge in [0, 0.05) is 0 Å². The monoisotopic (exact) mass is 211 g/mol. The number of hydrogen-bond acceptors (Lipinski definition) is 2. The van der Waals surface area contributed by atoms with Crippen molar-refractivity contribution in [2.45, 2.75) is 57.8 Å². The van der Waals surface area contributed by atoms with Crippen LogP contribution in [0.5, 0.6) is 0 Å². The summed E-state index contributed by atoms with van der Waals surface area (Å²) in [5.74, 6) is 0.396. The third-order valence-corrected chi connectivity index (χ3v) is 3.89. The minimum atomic E-state index is -1.60. The quantitative estimate of drug-likeness (QED) is 0.656. The summed E-state index contributed by atoms with van der Waals surface area (Å²) in [6, 6.07) is 2.44. The molecule has 0 bridgehead atoms. The van der Waals surface area contributed by atoms with E-state index in [9.17, 15) is 5.26 Å². The number of rotatable bonds is 2. The molecule has 0 aromatic rings. The molecule has 1 rings (SSSR count). The van der Waals surface area contributed by atoms with E-state index in [2.05, 4.69) is 32.6 Å². The first-order valence-electron chi connectivity index (χ1n) is 5.51. The van der Waals surface area contributed by atoms with E-state index < -0.39 is 13.9 Å². The lowest BCUT2D eigenvalue weighted by Gasteiger charge is -2.41. The summed E-state index contributed by atoms with van der Waals surface area (Å²) in [4.78, 5) is 0. The van der Waals surface area contributed by atoms with Gasteiger partial charge in [-0.15, -0.1) is 0 Å². The predicted molar refractivity (Wildman–Crippen MR) is 60.4 cm³/mol. The van der Waals surface area contributed by atoms with Crippen LogP contribution in [0.25, 0.3) is 0 Å². The van der Waals surface area contributed by atoms with E-state index in [0.29, 0.717) is 5.92 Å². The Bertz CT molecular complexity index is 241. The van der Waals surface area contributed by atoms with Gasteiger partial charge in [-0.3, -0.25) is 0 Å². The molecule has 1 fully saturated rings. The van der Waals surface area contributed by atoms with Crippen LogP contribution in [-0.4, -0.2) is 13.9 Å². The van der Waals surface area contributed by atoms with Gasteiger partial charge in [-0.1, -0.05) is 13.3 Å². The Morgan fingerprint density at radius 1 is 1.36 bits per heavy atom. The molecule has 0 aromatic heterocycles. The molecule has 2 atom stereocenters. The van der Waals surface area contributed by atoms with Crippen LogP contribution in [0.15, 0.2) is 0 Å². The summed E-state index contributed by atoms with van der Waals surface area (Å²) in [7, 11) is -1.60. The second-order valence-electron chi connectivity index (χ2n) is 5.36. The van der Waals surface area contributed by atoms with Crippen LogP contribution in [0, 0.1) is 17.2 Å². The average molecular weight is 211 g/mol. The zero-order chi connectivity index (χ0) is 10.8. The summed E-state index contributed by atoms with van der Waals surface area (Å²) < 4.78 is 6.11. The van der Waals surface area contributed by atoms with Crippen LogP contribution in [0.2, 0.25) is 19.6 Å². The van der Waals surface area contributed by atoms with Gasteiger partial charge in [0.15, 0.2) is 8.32 Å². The second-order valence-corrected chi connectivity index (χ2v) is 9.79. The van der Waals surface area contributed by atoms with E-state index in [1.807, 2.05) is 0 Å². The van der Waals surface area contributed by atoms with Gasteiger partial charge in [0.1, 0.15) is 5.60 Å². The fraction of sp³-hybridized carbons (Fsp3) is 0.909. The van der Waals surface area contributed by atoms with Crippen LogP contribution in [0.1, 0.15) is 32.6 Å². The fourth-order valence-corrected chi connectivity index (χ4v) is 3.65. The molecule has 0 N–H and O–H groups in total. The molecular formula is C11H21NOSi. The van der Waals surface area contributed by atoms with Crippen LogP contribution in [-0.2, 0) is 4.43 Å². The van der Waals surface area contributed by atoms with Crippen molar-refractivity contribution in [2.75, 3.05) is 0 Å². The smallest absolute Gasteiger partial charge is 0.185 e. The molecule has 2 nitrogen and oxygen atoms in total. The topological polar surface area (TPSA) is 33.0 Å². The zero-order valence-electron chi connectivity index (χ0n) is 9.76. The highest BCUT2D eigenvalue weighted by molar-refractivity contribution is 6.69. The molecule has 80 valence electrons. The Hall–Kier alpha value is -0.333. The second kappa shape index (κ2) is 4.04. The highest BCUT2D eigenvalue weighted by atomic mass is 28.4. The van der Waals surface area contributed by atoms with Crippen molar-refractivity contribution in [3.8, 4) is 6.07 Å². The van der Waals surface area contributed by atoms with Crippen molar-refractivity contribution >= 4 is 8.32 Å². The van der Waals surface area contributed by atoms with Gasteiger partial charge in [0.05, 0.1) is 6.07 Å². The van der Waals surface area contributed by atoms with Gasteiger partial charge in [-0.25, -0.2) is 0 Å². The maximum Gasteiger partial charge on any atom is 0.185 e. The van der Waals surface area contributed by atoms with Gasteiger partial charge in [-0.2, -0.15) is 5.26 Å². The molecule has 14 heavy (non-hydrogen) atoms. The van der Waals surface area contributed by atoms with Gasteiger partial charge >= 0.3 is 0 Å². The first-order valence-corrected chi connectivity index (χ1v) is 8.92. The van der Waals surface area contributed by atoms with Crippen molar-refractivity contribution in [3.63, 3.8) is 0 Å². The molecule has 3 heteroatoms. The lowest BCUT2D eigenvalue weighted by Crippen LogP contribution is -2.47. The zero-order valence-corrected chi connectivity index (χ0v) is 10.8. The van der Waals surface area contributed by atoms with Crippen molar-refractivity contribution in [1.29, 1.82) is 5.26 Å². The Balaban J connectivity index is 2.80. The van der Waals surface area contributed by atoms with Crippen LogP contribution in [0.4, 0.5) is 0 Å². The first kappa shape index (κ1) is 11.7. The summed E-state index contributed by atoms with van der Waals surface area (Å²) >= 11 is 0. The van der Waals surface area contributed by atoms with Crippen LogP contribution >= 0.6 is 0 Å². The molecule has 0 heterocycles. The normalized spacial score (nSPS) is 33.8. The standard InChI is InChI=1S/C11H21NOSi/c1-10-7-5-6-8-11(10,9-12)13-14(2,3)4/h10H,5-8H2,1-4H3/t10-,11?/m0/s1. The highest BCUT2D eigenvalue weighted by Crippen LogP contribution is 2.38. The maximum atomic E-state index is 9.32. The number of hydrogen-bond donors (Lipinski definition) is 0. The molecule has 0 aromatic carbocycles. The minimum absolute atomic E-state index is 0.396. The van der Waals surface area contributed by atoms with Crippen LogP contribution in [0.3, 0.4) is 0 Å². The molecule has 1 saturated carbocycles. The molecule has 0 saturated heterocycles. The number of nitriles is 1. The fourth-order valence-electron chi connectivity index (χ4n) is 2.20. The molecule has 0 radical (unpaired) electrons. The molecule has 1 aliphatic carbocycles. The van der Waals surface area contributed by atoms with E-state index in [4.69, 9.17) is 4.43 Å². The van der Waals surface area contributed by atoms with E-state index in [-0.39, 0.29) is 0 Å². The van der Waals surface area contributed by atoms with Crippen molar-refractivity contribution in [3.05, 3.63) is 0 Å². The lowest BCUT2D eigenvalue weighted by atomic mass is 9.77. The third kappa shape index (κ3) is 2.58. The van der Waals surface area contributed by atoms with Crippen molar-refractivity contribution < 1.29 is 4.43 Å². The van der Waals surface area contributed by atoms with Crippen molar-refractivity contribution in [1.82, 2.24) is 0 Å². The Labute approximate surface area is 88.4 Å². The van der Waals surface area contributed by atoms with E-state index in [1.165, 1.54) is 6.42 Å². The Kier molecular flexibility index (Phi) is 3.39. The van der Waals surface area contributed by atoms with Gasteiger partial charge in [0.2, 0.25) is 0 Å². The van der Waals surface area contributed by atoms with Gasteiger partial charge in [0.25, 0.3) is 0 Å². The van der Waals surface area contributed by atoms with E-state index in [1.54, 1.807) is 0 Å². The third-order valence-electron chi connectivity index (χ3n) is 2.91. The molecule has 0 spiro atoms. The summed E-state index contributed by atoms with van der Waals surface area (Å²) in [6.07, 6.45) is 4.45. The number of nitrogens with zero attached hydrogens (tertiary/aromatic N) is 1. The van der Waals surface area contributed by atoms with E-state index in [0.717, 1.165) is 19.3 Å². The van der Waals surface area contributed by atoms with Gasteiger partial charge in [-0.05, 0) is 44.8 Å². The highest BCUT2D eigenvalue weighted by Gasteiger charge is 2.42. The summed E-state index contributed by atoms with van der Waals surface area (Å²) in [5, 5.41) is 9.32. The van der Waals surface area contributed by atoms with Crippen LogP contribution < -0.4 is 0 Å². The molecular weight excluding hydrogens is 190 g/mol. The predicted octanol–water partition coefficient (Wildman–Crippen LogP) is 3.31. The lowest BCUT2D eigenvalue weighted by molar-refractivity contribution is 0.0280. The van der Waals surface area contributed by atoms with Gasteiger partial charge < -0.3 is 4.43 Å². The average Bonchev–Trinajstić information content (AvgIpc) is 2.07. The molecule has 1 aliphatic rings. The SMILES string of the molecule is C[C@H]1CCCCC1(C#N)O[Si](C)(C)C. The Morgan fingerprint density at radius 3 is 2.43 bits per heavy atom. The molecule has 0 amide bonds. The summed E-state index contributed by atoms with van der Waals surface area (Å²) in [6.45, 7) is 8.64. The minimum Gasteiger partial charge on any atom is -0.400 e. The summed E-state index contributed by atoms with van der Waals surface area (Å²) in [5.41, 5.74) is -0.470. The molecule has 0 aliphatic heterocycles. The largest absolute Gasteiger partial charge is 0.400 e. The molecule has 1 unspecified atom stereocenters. The first-order chi connectivity index (χ1) is 6.40. The maximum absolute atomic E-state index is 9.32. The van der Waals surface area contributed by atoms with Crippen molar-refractivity contribution in [2.24, 2.45) is 5.92 Å². The van der Waals surface area contributed by atoms with E-state index >= 15 is 0 Å².